The molecule has 0 aromatic heterocycles. The summed E-state index contributed by atoms with van der Waals surface area (Å²) < 4.78 is 0. The first-order chi connectivity index (χ1) is 6.61. The van der Waals surface area contributed by atoms with E-state index < -0.39 is 5.97 Å². The number of hydrogen-bond acceptors (Lipinski definition) is 3. The van der Waals surface area contributed by atoms with Gasteiger partial charge in [0, 0.05) is 5.56 Å². The Labute approximate surface area is 80.4 Å². The minimum Gasteiger partial charge on any atom is -0.478 e. The topological polar surface area (TPSA) is 78.2 Å². The lowest BCUT2D eigenvalue weighted by Crippen LogP contribution is -2.06. The molecule has 0 bridgehead atoms. The molecular formula is C10H7NO3. The van der Waals surface area contributed by atoms with Crippen LogP contribution in [0, 0.1) is 18.3 Å². The third-order valence-corrected chi connectivity index (χ3v) is 1.90. The van der Waals surface area contributed by atoms with Crippen molar-refractivity contribution in [3.05, 3.63) is 34.4 Å². The van der Waals surface area contributed by atoms with Crippen LogP contribution in [0.5, 0.6) is 0 Å². The third-order valence-electron chi connectivity index (χ3n) is 1.90. The molecule has 70 valence electrons. The standard InChI is InChI=1S/C10H7NO3/c1-6-2-3-7(5-12)8(4-11)9(6)10(13)14/h2-3,5H,1H3,(H,13,14). The Hall–Kier alpha value is -2.15. The van der Waals surface area contributed by atoms with Crippen LogP contribution in [0.2, 0.25) is 0 Å². The molecule has 0 heterocycles. The Morgan fingerprint density at radius 1 is 1.57 bits per heavy atom. The number of carbonyl (C=O) groups is 2. The second-order valence-corrected chi connectivity index (χ2v) is 2.76. The second-order valence-electron chi connectivity index (χ2n) is 2.76. The molecule has 0 spiro atoms. The Kier molecular flexibility index (Phi) is 2.63. The number of aryl methyl sites for hydroxylation is 1. The lowest BCUT2D eigenvalue weighted by Gasteiger charge is -2.04. The van der Waals surface area contributed by atoms with E-state index in [1.165, 1.54) is 12.1 Å². The summed E-state index contributed by atoms with van der Waals surface area (Å²) in [4.78, 5) is 21.3. The van der Waals surface area contributed by atoms with Crippen LogP contribution in [0.3, 0.4) is 0 Å². The maximum Gasteiger partial charge on any atom is 0.337 e. The van der Waals surface area contributed by atoms with E-state index in [2.05, 4.69) is 0 Å². The van der Waals surface area contributed by atoms with Crippen LogP contribution >= 0.6 is 0 Å². The van der Waals surface area contributed by atoms with Gasteiger partial charge in [-0.2, -0.15) is 5.26 Å². The van der Waals surface area contributed by atoms with E-state index >= 15 is 0 Å². The van der Waals surface area contributed by atoms with Gasteiger partial charge < -0.3 is 5.11 Å². The predicted molar refractivity (Wildman–Crippen MR) is 48.2 cm³/mol. The third kappa shape index (κ3) is 1.48. The number of carboxylic acid groups (broad SMARTS) is 1. The maximum atomic E-state index is 10.8. The number of nitrogens with zero attached hydrogens (tertiary/aromatic N) is 1. The molecular weight excluding hydrogens is 182 g/mol. The number of aldehydes is 1. The normalized spacial score (nSPS) is 9.14. The quantitative estimate of drug-likeness (QED) is 0.713. The highest BCUT2D eigenvalue weighted by molar-refractivity contribution is 5.96. The van der Waals surface area contributed by atoms with E-state index in [0.29, 0.717) is 11.8 Å². The van der Waals surface area contributed by atoms with Gasteiger partial charge in [-0.1, -0.05) is 12.1 Å². The van der Waals surface area contributed by atoms with Crippen molar-refractivity contribution in [3.63, 3.8) is 0 Å². The van der Waals surface area contributed by atoms with Gasteiger partial charge in [-0.05, 0) is 12.5 Å². The number of benzene rings is 1. The van der Waals surface area contributed by atoms with E-state index in [-0.39, 0.29) is 16.7 Å². The van der Waals surface area contributed by atoms with Crippen molar-refractivity contribution in [2.75, 3.05) is 0 Å². The van der Waals surface area contributed by atoms with Crippen LogP contribution in [-0.4, -0.2) is 17.4 Å². The summed E-state index contributed by atoms with van der Waals surface area (Å²) in [5.74, 6) is -1.19. The lowest BCUT2D eigenvalue weighted by molar-refractivity contribution is 0.0696. The number of aromatic carboxylic acids is 1. The van der Waals surface area contributed by atoms with Crippen LogP contribution < -0.4 is 0 Å². The molecule has 4 nitrogen and oxygen atoms in total. The van der Waals surface area contributed by atoms with Crippen LogP contribution in [0.25, 0.3) is 0 Å². The van der Waals surface area contributed by atoms with Crippen LogP contribution in [0.15, 0.2) is 12.1 Å². The number of rotatable bonds is 2. The lowest BCUT2D eigenvalue weighted by atomic mass is 9.98. The monoisotopic (exact) mass is 189 g/mol. The van der Waals surface area contributed by atoms with Crippen LogP contribution in [0.4, 0.5) is 0 Å². The van der Waals surface area contributed by atoms with Gasteiger partial charge in [-0.25, -0.2) is 4.79 Å². The highest BCUT2D eigenvalue weighted by atomic mass is 16.4. The molecule has 0 aliphatic carbocycles. The summed E-state index contributed by atoms with van der Waals surface area (Å²) in [5.41, 5.74) is 0.403. The minimum absolute atomic E-state index is 0.0764. The zero-order valence-electron chi connectivity index (χ0n) is 7.44. The number of nitriles is 1. The van der Waals surface area contributed by atoms with Gasteiger partial charge >= 0.3 is 5.97 Å². The minimum atomic E-state index is -1.19. The fourth-order valence-corrected chi connectivity index (χ4v) is 1.22. The van der Waals surface area contributed by atoms with Crippen molar-refractivity contribution in [1.29, 1.82) is 5.26 Å². The van der Waals surface area contributed by atoms with Gasteiger partial charge in [-0.3, -0.25) is 4.79 Å². The average molecular weight is 189 g/mol. The molecule has 0 fully saturated rings. The molecule has 0 aliphatic rings. The van der Waals surface area contributed by atoms with Gasteiger partial charge in [0.1, 0.15) is 6.07 Å². The predicted octanol–water partition coefficient (Wildman–Crippen LogP) is 1.38. The summed E-state index contributed by atoms with van der Waals surface area (Å²) in [6.07, 6.45) is 0.477. The molecule has 0 amide bonds. The second kappa shape index (κ2) is 3.71. The molecule has 14 heavy (non-hydrogen) atoms. The highest BCUT2D eigenvalue weighted by Crippen LogP contribution is 2.17. The fraction of sp³-hybridized carbons (Fsp3) is 0.100. The molecule has 1 aromatic rings. The molecule has 1 rings (SSSR count). The first-order valence-corrected chi connectivity index (χ1v) is 3.84. The van der Waals surface area contributed by atoms with E-state index in [4.69, 9.17) is 10.4 Å². The zero-order valence-corrected chi connectivity index (χ0v) is 7.44. The number of carbonyl (C=O) groups excluding carboxylic acids is 1. The van der Waals surface area contributed by atoms with Gasteiger partial charge in [0.2, 0.25) is 0 Å². The summed E-state index contributed by atoms with van der Waals surface area (Å²) in [6.45, 7) is 1.58. The highest BCUT2D eigenvalue weighted by Gasteiger charge is 2.16. The van der Waals surface area contributed by atoms with Crippen LogP contribution in [-0.2, 0) is 0 Å². The van der Waals surface area contributed by atoms with Gasteiger partial charge in [0.05, 0.1) is 11.1 Å². The van der Waals surface area contributed by atoms with Crippen molar-refractivity contribution in [2.24, 2.45) is 0 Å². The average Bonchev–Trinajstić information content (AvgIpc) is 2.16. The summed E-state index contributed by atoms with van der Waals surface area (Å²) in [7, 11) is 0. The molecule has 0 atom stereocenters. The first kappa shape index (κ1) is 9.93. The summed E-state index contributed by atoms with van der Waals surface area (Å²) >= 11 is 0. The molecule has 0 unspecified atom stereocenters. The van der Waals surface area contributed by atoms with Crippen molar-refractivity contribution in [2.45, 2.75) is 6.92 Å². The van der Waals surface area contributed by atoms with E-state index in [1.54, 1.807) is 13.0 Å². The number of hydrogen-bond donors (Lipinski definition) is 1. The van der Waals surface area contributed by atoms with Crippen LogP contribution in [0.1, 0.15) is 31.8 Å². The molecule has 1 N–H and O–H groups in total. The maximum absolute atomic E-state index is 10.8. The van der Waals surface area contributed by atoms with E-state index in [0.717, 1.165) is 0 Å². The fourth-order valence-electron chi connectivity index (χ4n) is 1.22. The largest absolute Gasteiger partial charge is 0.478 e. The van der Waals surface area contributed by atoms with Crippen molar-refractivity contribution < 1.29 is 14.7 Å². The molecule has 4 heteroatoms. The Bertz CT molecular complexity index is 443. The Morgan fingerprint density at radius 3 is 2.64 bits per heavy atom. The summed E-state index contributed by atoms with van der Waals surface area (Å²) in [5, 5.41) is 17.6. The van der Waals surface area contributed by atoms with Crippen molar-refractivity contribution >= 4 is 12.3 Å². The number of carboxylic acids is 1. The molecule has 0 saturated carbocycles. The molecule has 0 saturated heterocycles. The SMILES string of the molecule is Cc1ccc(C=O)c(C#N)c1C(=O)O. The zero-order chi connectivity index (χ0) is 10.7. The molecule has 0 aliphatic heterocycles. The van der Waals surface area contributed by atoms with Crippen molar-refractivity contribution in [1.82, 2.24) is 0 Å². The van der Waals surface area contributed by atoms with Crippen molar-refractivity contribution in [3.8, 4) is 6.07 Å². The smallest absolute Gasteiger partial charge is 0.337 e. The van der Waals surface area contributed by atoms with Gasteiger partial charge in [0.15, 0.2) is 6.29 Å². The van der Waals surface area contributed by atoms with Gasteiger partial charge in [-0.15, -0.1) is 0 Å². The Morgan fingerprint density at radius 2 is 2.21 bits per heavy atom. The first-order valence-electron chi connectivity index (χ1n) is 3.84. The Balaban J connectivity index is 3.61. The summed E-state index contributed by atoms with van der Waals surface area (Å²) in [6, 6.07) is 4.67. The molecule has 1 aromatic carbocycles. The molecule has 0 radical (unpaired) electrons. The van der Waals surface area contributed by atoms with E-state index in [1.807, 2.05) is 0 Å². The van der Waals surface area contributed by atoms with Gasteiger partial charge in [0.25, 0.3) is 0 Å². The van der Waals surface area contributed by atoms with E-state index in [9.17, 15) is 9.59 Å².